The molecule has 0 aromatic rings. The molecule has 0 nitrogen and oxygen atoms in total. The van der Waals surface area contributed by atoms with Gasteiger partial charge in [-0.1, -0.05) is 82.9 Å². The zero-order chi connectivity index (χ0) is 17.0. The highest BCUT2D eigenvalue weighted by molar-refractivity contribution is 4.94. The van der Waals surface area contributed by atoms with Crippen molar-refractivity contribution in [2.75, 3.05) is 0 Å². The normalized spacial score (nSPS) is 31.4. The van der Waals surface area contributed by atoms with Crippen LogP contribution in [0.5, 0.6) is 0 Å². The largest absolute Gasteiger partial charge is 0.103 e. The lowest BCUT2D eigenvalue weighted by atomic mass is 9.78. The summed E-state index contributed by atoms with van der Waals surface area (Å²) in [4.78, 5) is 0. The third-order valence-electron chi connectivity index (χ3n) is 6.73. The van der Waals surface area contributed by atoms with E-state index in [0.717, 1.165) is 23.7 Å². The molecule has 0 N–H and O–H groups in total. The number of unbranched alkanes of at least 4 members (excludes halogenated alkanes) is 3. The number of hydrogen-bond acceptors (Lipinski definition) is 0. The summed E-state index contributed by atoms with van der Waals surface area (Å²) in [5.74, 6) is 3.75. The van der Waals surface area contributed by atoms with Gasteiger partial charge in [-0.05, 0) is 62.2 Å². The average molecular weight is 331 g/mol. The van der Waals surface area contributed by atoms with Gasteiger partial charge in [0.2, 0.25) is 0 Å². The third kappa shape index (κ3) is 7.58. The molecule has 0 radical (unpaired) electrons. The molecule has 0 saturated heterocycles. The second-order valence-electron chi connectivity index (χ2n) is 8.65. The van der Waals surface area contributed by atoms with E-state index in [-0.39, 0.29) is 0 Å². The van der Waals surface area contributed by atoms with Crippen LogP contribution >= 0.6 is 0 Å². The first-order chi connectivity index (χ1) is 11.8. The molecule has 24 heavy (non-hydrogen) atoms. The van der Waals surface area contributed by atoms with Crippen LogP contribution in [0, 0.1) is 23.7 Å². The van der Waals surface area contributed by atoms with Crippen molar-refractivity contribution >= 4 is 0 Å². The van der Waals surface area contributed by atoms with Crippen LogP contribution in [0.2, 0.25) is 0 Å². The second kappa shape index (κ2) is 11.9. The Balaban J connectivity index is 1.50. The summed E-state index contributed by atoms with van der Waals surface area (Å²) in [7, 11) is 0. The van der Waals surface area contributed by atoms with Gasteiger partial charge in [0.1, 0.15) is 0 Å². The molecule has 2 rings (SSSR count). The summed E-state index contributed by atoms with van der Waals surface area (Å²) in [5.41, 5.74) is 0. The van der Waals surface area contributed by atoms with Crippen LogP contribution < -0.4 is 0 Å². The maximum absolute atomic E-state index is 3.95. The number of allylic oxidation sites excluding steroid dienone is 3. The van der Waals surface area contributed by atoms with E-state index < -0.39 is 0 Å². The molecule has 0 aromatic carbocycles. The van der Waals surface area contributed by atoms with E-state index in [9.17, 15) is 0 Å². The molecule has 0 heteroatoms. The van der Waals surface area contributed by atoms with E-state index in [0.29, 0.717) is 0 Å². The van der Waals surface area contributed by atoms with Gasteiger partial charge < -0.3 is 0 Å². The van der Waals surface area contributed by atoms with Crippen molar-refractivity contribution in [3.63, 3.8) is 0 Å². The standard InChI is InChI=1S/C24H42/c1-3-5-6-7-10-22-17-19-24(20-18-22)12-9-8-11-23-15-13-21(4-2)14-16-23/h4,8,11,21-24H,2-3,5-7,9-10,12-20H2,1H3/t21-,22-,23-,24-. The number of hydrogen-bond donors (Lipinski definition) is 0. The Labute approximate surface area is 152 Å². The van der Waals surface area contributed by atoms with Crippen LogP contribution in [0.3, 0.4) is 0 Å². The van der Waals surface area contributed by atoms with Crippen LogP contribution in [-0.4, -0.2) is 0 Å². The molecule has 0 aliphatic heterocycles. The van der Waals surface area contributed by atoms with Gasteiger partial charge in [-0.3, -0.25) is 0 Å². The molecule has 0 aromatic heterocycles. The minimum atomic E-state index is 0.798. The fraction of sp³-hybridized carbons (Fsp3) is 0.833. The van der Waals surface area contributed by atoms with Crippen LogP contribution in [0.4, 0.5) is 0 Å². The summed E-state index contributed by atoms with van der Waals surface area (Å²) in [6.07, 6.45) is 28.8. The Morgan fingerprint density at radius 2 is 1.38 bits per heavy atom. The van der Waals surface area contributed by atoms with Crippen molar-refractivity contribution in [2.45, 2.75) is 103 Å². The van der Waals surface area contributed by atoms with Gasteiger partial charge >= 0.3 is 0 Å². The molecular weight excluding hydrogens is 288 g/mol. The highest BCUT2D eigenvalue weighted by Crippen LogP contribution is 2.35. The maximum atomic E-state index is 3.95. The van der Waals surface area contributed by atoms with E-state index >= 15 is 0 Å². The highest BCUT2D eigenvalue weighted by atomic mass is 14.3. The van der Waals surface area contributed by atoms with Gasteiger partial charge in [0, 0.05) is 0 Å². The van der Waals surface area contributed by atoms with Crippen LogP contribution in [0.25, 0.3) is 0 Å². The predicted octanol–water partition coefficient (Wildman–Crippen LogP) is 8.09. The van der Waals surface area contributed by atoms with Crippen molar-refractivity contribution in [3.8, 4) is 0 Å². The molecule has 0 heterocycles. The molecular formula is C24H42. The molecule has 0 bridgehead atoms. The quantitative estimate of drug-likeness (QED) is 0.280. The Morgan fingerprint density at radius 3 is 2.00 bits per heavy atom. The SMILES string of the molecule is C=C[C@H]1CC[C@H](C=CCC[C@H]2CC[C@H](CCCCCC)CC2)CC1. The fourth-order valence-electron chi connectivity index (χ4n) is 4.86. The Hall–Kier alpha value is -0.520. The highest BCUT2D eigenvalue weighted by Gasteiger charge is 2.20. The Kier molecular flexibility index (Phi) is 9.85. The second-order valence-corrected chi connectivity index (χ2v) is 8.65. The molecule has 2 aliphatic rings. The van der Waals surface area contributed by atoms with Gasteiger partial charge in [-0.15, -0.1) is 6.58 Å². The summed E-state index contributed by atoms with van der Waals surface area (Å²) in [6, 6.07) is 0. The first kappa shape index (κ1) is 19.8. The predicted molar refractivity (Wildman–Crippen MR) is 108 cm³/mol. The summed E-state index contributed by atoms with van der Waals surface area (Å²) >= 11 is 0. The molecule has 2 saturated carbocycles. The lowest BCUT2D eigenvalue weighted by Gasteiger charge is -2.28. The van der Waals surface area contributed by atoms with Gasteiger partial charge in [-0.25, -0.2) is 0 Å². The van der Waals surface area contributed by atoms with Crippen LogP contribution in [0.15, 0.2) is 24.8 Å². The molecule has 0 spiro atoms. The van der Waals surface area contributed by atoms with Gasteiger partial charge in [0.05, 0.1) is 0 Å². The average Bonchev–Trinajstić information content (AvgIpc) is 2.64. The Morgan fingerprint density at radius 1 is 0.750 bits per heavy atom. The van der Waals surface area contributed by atoms with E-state index in [1.54, 1.807) is 0 Å². The molecule has 0 atom stereocenters. The smallest absolute Gasteiger partial charge is 0.0233 e. The number of rotatable bonds is 10. The fourth-order valence-corrected chi connectivity index (χ4v) is 4.86. The summed E-state index contributed by atoms with van der Waals surface area (Å²) < 4.78 is 0. The topological polar surface area (TPSA) is 0 Å². The van der Waals surface area contributed by atoms with Gasteiger partial charge in [0.25, 0.3) is 0 Å². The minimum Gasteiger partial charge on any atom is -0.103 e. The van der Waals surface area contributed by atoms with E-state index in [1.807, 2.05) is 0 Å². The lowest BCUT2D eigenvalue weighted by Crippen LogP contribution is -2.14. The van der Waals surface area contributed by atoms with Gasteiger partial charge in [0.15, 0.2) is 0 Å². The lowest BCUT2D eigenvalue weighted by molar-refractivity contribution is 0.249. The molecule has 2 fully saturated rings. The third-order valence-corrected chi connectivity index (χ3v) is 6.73. The first-order valence-electron chi connectivity index (χ1n) is 11.1. The molecule has 0 amide bonds. The molecule has 138 valence electrons. The minimum absolute atomic E-state index is 0.798. The maximum Gasteiger partial charge on any atom is -0.0233 e. The van der Waals surface area contributed by atoms with Crippen molar-refractivity contribution < 1.29 is 0 Å². The zero-order valence-electron chi connectivity index (χ0n) is 16.4. The first-order valence-corrected chi connectivity index (χ1v) is 11.1. The monoisotopic (exact) mass is 330 g/mol. The Bertz CT molecular complexity index is 337. The van der Waals surface area contributed by atoms with E-state index in [2.05, 4.69) is 31.7 Å². The van der Waals surface area contributed by atoms with Crippen LogP contribution in [-0.2, 0) is 0 Å². The van der Waals surface area contributed by atoms with Crippen molar-refractivity contribution in [1.29, 1.82) is 0 Å². The zero-order valence-corrected chi connectivity index (χ0v) is 16.4. The van der Waals surface area contributed by atoms with Crippen molar-refractivity contribution in [1.82, 2.24) is 0 Å². The van der Waals surface area contributed by atoms with Gasteiger partial charge in [-0.2, -0.15) is 0 Å². The molecule has 0 unspecified atom stereocenters. The summed E-state index contributed by atoms with van der Waals surface area (Å²) in [6.45, 7) is 6.26. The van der Waals surface area contributed by atoms with E-state index in [1.165, 1.54) is 96.3 Å². The summed E-state index contributed by atoms with van der Waals surface area (Å²) in [5, 5.41) is 0. The molecule has 2 aliphatic carbocycles. The van der Waals surface area contributed by atoms with Crippen LogP contribution in [0.1, 0.15) is 103 Å². The van der Waals surface area contributed by atoms with E-state index in [4.69, 9.17) is 0 Å². The van der Waals surface area contributed by atoms with Crippen molar-refractivity contribution in [3.05, 3.63) is 24.8 Å². The van der Waals surface area contributed by atoms with Crippen molar-refractivity contribution in [2.24, 2.45) is 23.7 Å².